The van der Waals surface area contributed by atoms with Crippen LogP contribution in [0.2, 0.25) is 0 Å². The highest BCUT2D eigenvalue weighted by atomic mass is 16.5. The van der Waals surface area contributed by atoms with E-state index in [2.05, 4.69) is 24.6 Å². The van der Waals surface area contributed by atoms with E-state index in [1.165, 1.54) is 0 Å². The van der Waals surface area contributed by atoms with E-state index in [9.17, 15) is 4.79 Å². The van der Waals surface area contributed by atoms with E-state index in [-0.39, 0.29) is 11.3 Å². The van der Waals surface area contributed by atoms with Crippen LogP contribution in [0.15, 0.2) is 18.2 Å². The van der Waals surface area contributed by atoms with E-state index in [1.54, 1.807) is 19.2 Å². The zero-order chi connectivity index (χ0) is 15.2. The van der Waals surface area contributed by atoms with Crippen molar-refractivity contribution in [3.8, 4) is 0 Å². The number of hydrazine groups is 1. The second-order valence-electron chi connectivity index (χ2n) is 5.76. The van der Waals surface area contributed by atoms with Crippen LogP contribution in [0.25, 0.3) is 0 Å². The van der Waals surface area contributed by atoms with Gasteiger partial charge in [0.2, 0.25) is 0 Å². The lowest BCUT2D eigenvalue weighted by Crippen LogP contribution is -2.35. The molecule has 0 bridgehead atoms. The van der Waals surface area contributed by atoms with Crippen molar-refractivity contribution in [2.45, 2.75) is 27.2 Å². The van der Waals surface area contributed by atoms with Crippen molar-refractivity contribution < 1.29 is 9.53 Å². The standard InChI is InChI=1S/C15H25N3O2/c1-11-9-12(18-16)5-6-13(11)14(19)17-10-15(2,3)7-8-20-4/h5-6,9,18H,7-8,10,16H2,1-4H3,(H,17,19). The Morgan fingerprint density at radius 1 is 1.40 bits per heavy atom. The highest BCUT2D eigenvalue weighted by molar-refractivity contribution is 5.96. The first-order chi connectivity index (χ1) is 9.39. The number of anilines is 1. The topological polar surface area (TPSA) is 76.4 Å². The maximum absolute atomic E-state index is 12.2. The largest absolute Gasteiger partial charge is 0.385 e. The van der Waals surface area contributed by atoms with Gasteiger partial charge < -0.3 is 15.5 Å². The Labute approximate surface area is 120 Å². The fourth-order valence-corrected chi connectivity index (χ4v) is 1.89. The first-order valence-electron chi connectivity index (χ1n) is 6.74. The molecule has 0 spiro atoms. The number of carbonyl (C=O) groups excluding carboxylic acids is 1. The molecule has 20 heavy (non-hydrogen) atoms. The molecule has 112 valence electrons. The second kappa shape index (κ2) is 7.26. The van der Waals surface area contributed by atoms with E-state index < -0.39 is 0 Å². The Hall–Kier alpha value is -1.59. The number of methoxy groups -OCH3 is 1. The Bertz CT molecular complexity index is 458. The number of rotatable bonds is 7. The molecule has 0 atom stereocenters. The normalized spacial score (nSPS) is 11.2. The molecule has 1 aromatic carbocycles. The molecular formula is C15H25N3O2. The number of hydrogen-bond donors (Lipinski definition) is 3. The van der Waals surface area contributed by atoms with Gasteiger partial charge in [0, 0.05) is 31.5 Å². The lowest BCUT2D eigenvalue weighted by Gasteiger charge is -2.24. The number of benzene rings is 1. The smallest absolute Gasteiger partial charge is 0.251 e. The highest BCUT2D eigenvalue weighted by Gasteiger charge is 2.19. The van der Waals surface area contributed by atoms with Crippen molar-refractivity contribution in [1.82, 2.24) is 5.32 Å². The summed E-state index contributed by atoms with van der Waals surface area (Å²) in [6.45, 7) is 7.43. The predicted octanol–water partition coefficient (Wildman–Crippen LogP) is 2.07. The van der Waals surface area contributed by atoms with Crippen LogP contribution in [0.4, 0.5) is 5.69 Å². The van der Waals surface area contributed by atoms with Crippen molar-refractivity contribution in [2.24, 2.45) is 11.3 Å². The van der Waals surface area contributed by atoms with Crippen LogP contribution in [-0.4, -0.2) is 26.2 Å². The molecular weight excluding hydrogens is 254 g/mol. The van der Waals surface area contributed by atoms with Gasteiger partial charge in [0.05, 0.1) is 0 Å². The third-order valence-corrected chi connectivity index (χ3v) is 3.35. The Morgan fingerprint density at radius 2 is 2.10 bits per heavy atom. The van der Waals surface area contributed by atoms with Crippen molar-refractivity contribution >= 4 is 11.6 Å². The van der Waals surface area contributed by atoms with E-state index in [1.807, 2.05) is 13.0 Å². The number of nitrogen functional groups attached to an aromatic ring is 1. The van der Waals surface area contributed by atoms with Gasteiger partial charge in [0.1, 0.15) is 0 Å². The molecule has 0 aromatic heterocycles. The summed E-state index contributed by atoms with van der Waals surface area (Å²) in [5, 5.41) is 2.98. The fourth-order valence-electron chi connectivity index (χ4n) is 1.89. The lowest BCUT2D eigenvalue weighted by molar-refractivity contribution is 0.0920. The van der Waals surface area contributed by atoms with Gasteiger partial charge in [0.15, 0.2) is 0 Å². The Morgan fingerprint density at radius 3 is 2.65 bits per heavy atom. The summed E-state index contributed by atoms with van der Waals surface area (Å²) >= 11 is 0. The van der Waals surface area contributed by atoms with Crippen molar-refractivity contribution in [3.05, 3.63) is 29.3 Å². The van der Waals surface area contributed by atoms with Crippen LogP contribution in [0, 0.1) is 12.3 Å². The van der Waals surface area contributed by atoms with Crippen LogP contribution < -0.4 is 16.6 Å². The van der Waals surface area contributed by atoms with Crippen LogP contribution in [0.1, 0.15) is 36.2 Å². The number of nitrogens with two attached hydrogens (primary N) is 1. The fraction of sp³-hybridized carbons (Fsp3) is 0.533. The zero-order valence-electron chi connectivity index (χ0n) is 12.7. The van der Waals surface area contributed by atoms with Crippen molar-refractivity contribution in [3.63, 3.8) is 0 Å². The second-order valence-corrected chi connectivity index (χ2v) is 5.76. The molecule has 0 fully saturated rings. The molecule has 0 heterocycles. The average molecular weight is 279 g/mol. The lowest BCUT2D eigenvalue weighted by atomic mass is 9.89. The third-order valence-electron chi connectivity index (χ3n) is 3.35. The number of hydrogen-bond acceptors (Lipinski definition) is 4. The highest BCUT2D eigenvalue weighted by Crippen LogP contribution is 2.19. The summed E-state index contributed by atoms with van der Waals surface area (Å²) in [6.07, 6.45) is 0.902. The SMILES string of the molecule is COCCC(C)(C)CNC(=O)c1ccc(NN)cc1C. The predicted molar refractivity (Wildman–Crippen MR) is 81.6 cm³/mol. The van der Waals surface area contributed by atoms with Crippen molar-refractivity contribution in [1.29, 1.82) is 0 Å². The van der Waals surface area contributed by atoms with Gasteiger partial charge in [-0.25, -0.2) is 0 Å². The maximum Gasteiger partial charge on any atom is 0.251 e. The van der Waals surface area contributed by atoms with Crippen LogP contribution in [0.3, 0.4) is 0 Å². The molecule has 1 aromatic rings. The molecule has 1 amide bonds. The van der Waals surface area contributed by atoms with E-state index in [0.717, 1.165) is 17.7 Å². The minimum Gasteiger partial charge on any atom is -0.385 e. The third kappa shape index (κ3) is 4.83. The number of amides is 1. The molecule has 0 saturated heterocycles. The summed E-state index contributed by atoms with van der Waals surface area (Å²) in [5.41, 5.74) is 4.94. The zero-order valence-corrected chi connectivity index (χ0v) is 12.7. The Balaban J connectivity index is 2.63. The molecule has 0 aliphatic rings. The molecule has 4 N–H and O–H groups in total. The molecule has 0 aliphatic carbocycles. The van der Waals surface area contributed by atoms with Gasteiger partial charge in [-0.3, -0.25) is 10.6 Å². The van der Waals surface area contributed by atoms with Crippen LogP contribution in [-0.2, 0) is 4.74 Å². The van der Waals surface area contributed by atoms with Gasteiger partial charge in [-0.1, -0.05) is 13.8 Å². The van der Waals surface area contributed by atoms with E-state index in [4.69, 9.17) is 10.6 Å². The van der Waals surface area contributed by atoms with E-state index in [0.29, 0.717) is 18.7 Å². The quantitative estimate of drug-likeness (QED) is 0.527. The minimum atomic E-state index is -0.0587. The number of ether oxygens (including phenoxy) is 1. The van der Waals surface area contributed by atoms with Gasteiger partial charge in [-0.15, -0.1) is 0 Å². The monoisotopic (exact) mass is 279 g/mol. The number of nitrogens with one attached hydrogen (secondary N) is 2. The maximum atomic E-state index is 12.2. The molecule has 0 radical (unpaired) electrons. The summed E-state index contributed by atoms with van der Waals surface area (Å²) in [6, 6.07) is 5.42. The Kier molecular flexibility index (Phi) is 5.98. The summed E-state index contributed by atoms with van der Waals surface area (Å²) in [4.78, 5) is 12.2. The molecule has 1 rings (SSSR count). The minimum absolute atomic E-state index is 0.0122. The number of carbonyl (C=O) groups is 1. The van der Waals surface area contributed by atoms with E-state index >= 15 is 0 Å². The van der Waals surface area contributed by atoms with Gasteiger partial charge >= 0.3 is 0 Å². The molecule has 5 heteroatoms. The van der Waals surface area contributed by atoms with Gasteiger partial charge in [-0.2, -0.15) is 0 Å². The molecule has 0 aliphatic heterocycles. The first kappa shape index (κ1) is 16.5. The van der Waals surface area contributed by atoms with Gasteiger partial charge in [0.25, 0.3) is 5.91 Å². The molecule has 5 nitrogen and oxygen atoms in total. The van der Waals surface area contributed by atoms with Crippen LogP contribution >= 0.6 is 0 Å². The first-order valence-corrected chi connectivity index (χ1v) is 6.74. The summed E-state index contributed by atoms with van der Waals surface area (Å²) in [7, 11) is 1.69. The summed E-state index contributed by atoms with van der Waals surface area (Å²) < 4.78 is 5.08. The van der Waals surface area contributed by atoms with Crippen molar-refractivity contribution in [2.75, 3.05) is 25.7 Å². The molecule has 0 unspecified atom stereocenters. The molecule has 0 saturated carbocycles. The van der Waals surface area contributed by atoms with Crippen LogP contribution in [0.5, 0.6) is 0 Å². The average Bonchev–Trinajstić information content (AvgIpc) is 2.42. The van der Waals surface area contributed by atoms with Gasteiger partial charge in [-0.05, 0) is 42.5 Å². The summed E-state index contributed by atoms with van der Waals surface area (Å²) in [5.74, 6) is 5.29. The number of aryl methyl sites for hydroxylation is 1.